The second-order valence-corrected chi connectivity index (χ2v) is 8.95. The van der Waals surface area contributed by atoms with Gasteiger partial charge in [-0.25, -0.2) is 0 Å². The molecule has 2 N–H and O–H groups in total. The zero-order valence-corrected chi connectivity index (χ0v) is 18.6. The number of hydrogen-bond donors (Lipinski definition) is 2. The lowest BCUT2D eigenvalue weighted by molar-refractivity contribution is -0.120. The van der Waals surface area contributed by atoms with Crippen LogP contribution in [0.2, 0.25) is 5.02 Å². The van der Waals surface area contributed by atoms with Crippen LogP contribution in [0.25, 0.3) is 0 Å². The highest BCUT2D eigenvalue weighted by atomic mass is 35.5. The monoisotopic (exact) mass is 453 g/mol. The standard InChI is InChI=1S/C24H24ClN3O2S/c25-20-8-6-17(7-9-20)21(28-12-10-22-19(16-28)11-13-31-22)14-26-23(29)15-27-24(30)18-4-2-1-3-5-18/h1-9,11,13,21H,10,12,14-16H2,(H,26,29)(H,27,30). The van der Waals surface area contributed by atoms with E-state index in [1.807, 2.05) is 41.7 Å². The SMILES string of the molecule is O=C(CNC(=O)c1ccccc1)NCC(c1ccc(Cl)cc1)N1CCc2sccc2C1. The normalized spacial score (nSPS) is 14.5. The number of carbonyl (C=O) groups excluding carboxylic acids is 2. The van der Waals surface area contributed by atoms with Crippen molar-refractivity contribution in [1.29, 1.82) is 0 Å². The molecule has 160 valence electrons. The second-order valence-electron chi connectivity index (χ2n) is 7.51. The summed E-state index contributed by atoms with van der Waals surface area (Å²) in [6, 6.07) is 18.9. The number of halogens is 1. The first kappa shape index (κ1) is 21.6. The Kier molecular flexibility index (Phi) is 7.02. The third-order valence-electron chi connectivity index (χ3n) is 5.47. The average Bonchev–Trinajstić information content (AvgIpc) is 3.27. The Morgan fingerprint density at radius 1 is 1.03 bits per heavy atom. The van der Waals surface area contributed by atoms with E-state index in [9.17, 15) is 9.59 Å². The van der Waals surface area contributed by atoms with Crippen molar-refractivity contribution >= 4 is 34.8 Å². The Morgan fingerprint density at radius 2 is 1.81 bits per heavy atom. The topological polar surface area (TPSA) is 61.4 Å². The smallest absolute Gasteiger partial charge is 0.251 e. The minimum Gasteiger partial charge on any atom is -0.353 e. The molecule has 0 saturated heterocycles. The molecule has 0 saturated carbocycles. The molecule has 1 unspecified atom stereocenters. The van der Waals surface area contributed by atoms with Crippen LogP contribution in [-0.4, -0.2) is 36.3 Å². The highest BCUT2D eigenvalue weighted by Gasteiger charge is 2.26. The first-order chi connectivity index (χ1) is 15.1. The van der Waals surface area contributed by atoms with Crippen LogP contribution in [0.5, 0.6) is 0 Å². The Balaban J connectivity index is 1.38. The molecule has 0 radical (unpaired) electrons. The summed E-state index contributed by atoms with van der Waals surface area (Å²) in [5.41, 5.74) is 3.00. The van der Waals surface area contributed by atoms with E-state index in [1.54, 1.807) is 24.3 Å². The summed E-state index contributed by atoms with van der Waals surface area (Å²) >= 11 is 7.89. The lowest BCUT2D eigenvalue weighted by atomic mass is 10.0. The number of nitrogens with one attached hydrogen (secondary N) is 2. The number of fused-ring (bicyclic) bond motifs is 1. The average molecular weight is 454 g/mol. The lowest BCUT2D eigenvalue weighted by Gasteiger charge is -2.35. The molecular weight excluding hydrogens is 430 g/mol. The quantitative estimate of drug-likeness (QED) is 0.567. The molecule has 1 atom stereocenters. The molecule has 2 aromatic carbocycles. The Morgan fingerprint density at radius 3 is 2.58 bits per heavy atom. The Labute approximate surface area is 191 Å². The fraction of sp³-hybridized carbons (Fsp3) is 0.250. The van der Waals surface area contributed by atoms with Crippen molar-refractivity contribution in [3.8, 4) is 0 Å². The minimum atomic E-state index is -0.258. The molecule has 0 aliphatic carbocycles. The third-order valence-corrected chi connectivity index (χ3v) is 6.75. The van der Waals surface area contributed by atoms with Gasteiger partial charge in [-0.1, -0.05) is 41.9 Å². The number of carbonyl (C=O) groups is 2. The molecule has 4 rings (SSSR count). The van der Waals surface area contributed by atoms with Crippen LogP contribution in [0.1, 0.15) is 32.4 Å². The highest BCUT2D eigenvalue weighted by molar-refractivity contribution is 7.10. The molecule has 0 spiro atoms. The van der Waals surface area contributed by atoms with Gasteiger partial charge >= 0.3 is 0 Å². The van der Waals surface area contributed by atoms with Crippen LogP contribution in [0.4, 0.5) is 0 Å². The lowest BCUT2D eigenvalue weighted by Crippen LogP contribution is -2.43. The number of hydrogen-bond acceptors (Lipinski definition) is 4. The fourth-order valence-corrected chi connectivity index (χ4v) is 4.82. The van der Waals surface area contributed by atoms with E-state index >= 15 is 0 Å². The predicted octanol–water partition coefficient (Wildman–Crippen LogP) is 4.05. The summed E-state index contributed by atoms with van der Waals surface area (Å²) in [4.78, 5) is 28.4. The summed E-state index contributed by atoms with van der Waals surface area (Å²) in [5.74, 6) is -0.470. The first-order valence-corrected chi connectivity index (χ1v) is 11.5. The van der Waals surface area contributed by atoms with Crippen molar-refractivity contribution < 1.29 is 9.59 Å². The van der Waals surface area contributed by atoms with E-state index in [0.29, 0.717) is 17.1 Å². The Hall–Kier alpha value is -2.67. The van der Waals surface area contributed by atoms with Crippen molar-refractivity contribution in [2.45, 2.75) is 19.0 Å². The molecule has 1 aliphatic rings. The van der Waals surface area contributed by atoms with Crippen LogP contribution in [0, 0.1) is 0 Å². The van der Waals surface area contributed by atoms with Crippen molar-refractivity contribution in [1.82, 2.24) is 15.5 Å². The van der Waals surface area contributed by atoms with E-state index in [-0.39, 0.29) is 24.4 Å². The maximum Gasteiger partial charge on any atom is 0.251 e. The second kappa shape index (κ2) is 10.1. The summed E-state index contributed by atoms with van der Waals surface area (Å²) < 4.78 is 0. The van der Waals surface area contributed by atoms with Gasteiger partial charge in [0.25, 0.3) is 5.91 Å². The molecule has 2 heterocycles. The van der Waals surface area contributed by atoms with E-state index < -0.39 is 0 Å². The molecule has 1 aliphatic heterocycles. The highest BCUT2D eigenvalue weighted by Crippen LogP contribution is 2.30. The van der Waals surface area contributed by atoms with Crippen molar-refractivity contribution in [2.75, 3.05) is 19.6 Å². The van der Waals surface area contributed by atoms with Gasteiger partial charge in [0.2, 0.25) is 5.91 Å². The minimum absolute atomic E-state index is 0.0269. The number of nitrogens with zero attached hydrogens (tertiary/aromatic N) is 1. The molecule has 0 bridgehead atoms. The molecule has 0 fully saturated rings. The first-order valence-electron chi connectivity index (χ1n) is 10.2. The van der Waals surface area contributed by atoms with Gasteiger partial charge in [-0.05, 0) is 53.3 Å². The van der Waals surface area contributed by atoms with Gasteiger partial charge in [-0.2, -0.15) is 0 Å². The van der Waals surface area contributed by atoms with Gasteiger partial charge in [0.15, 0.2) is 0 Å². The number of thiophene rings is 1. The van der Waals surface area contributed by atoms with Gasteiger partial charge in [0.05, 0.1) is 12.6 Å². The van der Waals surface area contributed by atoms with Gasteiger partial charge < -0.3 is 10.6 Å². The van der Waals surface area contributed by atoms with Gasteiger partial charge in [-0.3, -0.25) is 14.5 Å². The molecule has 7 heteroatoms. The van der Waals surface area contributed by atoms with Gasteiger partial charge in [0, 0.05) is 35.1 Å². The summed E-state index contributed by atoms with van der Waals surface area (Å²) in [5, 5.41) is 8.50. The maximum atomic E-state index is 12.4. The number of amides is 2. The Bertz CT molecular complexity index is 1040. The summed E-state index contributed by atoms with van der Waals surface area (Å²) in [7, 11) is 0. The van der Waals surface area contributed by atoms with E-state index in [0.717, 1.165) is 25.1 Å². The van der Waals surface area contributed by atoms with E-state index in [2.05, 4.69) is 27.0 Å². The van der Waals surface area contributed by atoms with Crippen LogP contribution in [0.3, 0.4) is 0 Å². The maximum absolute atomic E-state index is 12.4. The summed E-state index contributed by atoms with van der Waals surface area (Å²) in [6.45, 7) is 2.19. The van der Waals surface area contributed by atoms with Crippen LogP contribution in [-0.2, 0) is 17.8 Å². The van der Waals surface area contributed by atoms with Crippen LogP contribution >= 0.6 is 22.9 Å². The van der Waals surface area contributed by atoms with Crippen molar-refractivity contribution in [3.63, 3.8) is 0 Å². The zero-order valence-electron chi connectivity index (χ0n) is 17.0. The number of benzene rings is 2. The van der Waals surface area contributed by atoms with E-state index in [4.69, 9.17) is 11.6 Å². The van der Waals surface area contributed by atoms with Gasteiger partial charge in [-0.15, -0.1) is 11.3 Å². The largest absolute Gasteiger partial charge is 0.353 e. The molecule has 1 aromatic heterocycles. The van der Waals surface area contributed by atoms with Gasteiger partial charge in [0.1, 0.15) is 0 Å². The molecule has 2 amide bonds. The van der Waals surface area contributed by atoms with Crippen LogP contribution in [0.15, 0.2) is 66.0 Å². The van der Waals surface area contributed by atoms with Crippen molar-refractivity contribution in [2.24, 2.45) is 0 Å². The molecule has 5 nitrogen and oxygen atoms in total. The van der Waals surface area contributed by atoms with Crippen molar-refractivity contribution in [3.05, 3.63) is 92.6 Å². The van der Waals surface area contributed by atoms with Crippen LogP contribution < -0.4 is 10.6 Å². The molecular formula is C24H24ClN3O2S. The number of rotatable bonds is 7. The third kappa shape index (κ3) is 5.53. The fourth-order valence-electron chi connectivity index (χ4n) is 3.80. The summed E-state index contributed by atoms with van der Waals surface area (Å²) in [6.07, 6.45) is 1.01. The predicted molar refractivity (Wildman–Crippen MR) is 124 cm³/mol. The van der Waals surface area contributed by atoms with E-state index in [1.165, 1.54) is 10.4 Å². The zero-order chi connectivity index (χ0) is 21.6. The molecule has 3 aromatic rings. The molecule has 31 heavy (non-hydrogen) atoms.